The molecule has 0 aliphatic carbocycles. The number of halogens is 3. The molecule has 0 N–H and O–H groups in total. The van der Waals surface area contributed by atoms with Gasteiger partial charge in [-0.2, -0.15) is 0 Å². The second-order valence-electron chi connectivity index (χ2n) is 4.57. The Bertz CT molecular complexity index is 474. The number of ketones is 1. The minimum absolute atomic E-state index is 0.424. The first-order chi connectivity index (χ1) is 8.25. The Labute approximate surface area is 104 Å². The number of carbonyl (C=O) groups is 1. The Balaban J connectivity index is 3.31. The van der Waals surface area contributed by atoms with Gasteiger partial charge in [-0.3, -0.25) is 9.69 Å². The van der Waals surface area contributed by atoms with Crippen molar-refractivity contribution in [3.05, 3.63) is 35.1 Å². The number of carbonyl (C=O) groups excluding carboxylic acids is 1. The lowest BCUT2D eigenvalue weighted by molar-refractivity contribution is 0.0704. The molecular formula is C13H16F3NO. The van der Waals surface area contributed by atoms with Crippen LogP contribution in [-0.2, 0) is 0 Å². The zero-order valence-electron chi connectivity index (χ0n) is 10.9. The Morgan fingerprint density at radius 3 is 2.22 bits per heavy atom. The number of likely N-dealkylation sites (N-methyl/N-ethyl adjacent to an activating group) is 1. The van der Waals surface area contributed by atoms with Gasteiger partial charge in [0.05, 0.1) is 11.1 Å². The van der Waals surface area contributed by atoms with E-state index in [9.17, 15) is 18.0 Å². The van der Waals surface area contributed by atoms with Crippen molar-refractivity contribution < 1.29 is 18.0 Å². The average molecular weight is 259 g/mol. The minimum Gasteiger partial charge on any atom is -0.297 e. The molecule has 5 heteroatoms. The SMILES string of the molecule is CCC(C)(C(=O)c1ccc(F)c(F)c1F)N(C)C. The van der Waals surface area contributed by atoms with E-state index in [-0.39, 0.29) is 0 Å². The van der Waals surface area contributed by atoms with E-state index in [1.54, 1.807) is 32.8 Å². The summed E-state index contributed by atoms with van der Waals surface area (Å²) in [6.07, 6.45) is 0.428. The van der Waals surface area contributed by atoms with Gasteiger partial charge in [0.1, 0.15) is 0 Å². The van der Waals surface area contributed by atoms with Crippen LogP contribution in [0.25, 0.3) is 0 Å². The lowest BCUT2D eigenvalue weighted by atomic mass is 9.87. The third-order valence-electron chi connectivity index (χ3n) is 3.44. The summed E-state index contributed by atoms with van der Waals surface area (Å²) in [5.74, 6) is -4.90. The van der Waals surface area contributed by atoms with Crippen molar-refractivity contribution in [3.63, 3.8) is 0 Å². The molecule has 18 heavy (non-hydrogen) atoms. The van der Waals surface area contributed by atoms with Gasteiger partial charge in [0, 0.05) is 0 Å². The highest BCUT2D eigenvalue weighted by Crippen LogP contribution is 2.25. The van der Waals surface area contributed by atoms with Gasteiger partial charge in [-0.1, -0.05) is 6.92 Å². The topological polar surface area (TPSA) is 20.3 Å². The van der Waals surface area contributed by atoms with E-state index in [4.69, 9.17) is 0 Å². The zero-order valence-corrected chi connectivity index (χ0v) is 10.9. The molecule has 0 saturated heterocycles. The normalized spacial score (nSPS) is 14.7. The van der Waals surface area contributed by atoms with Crippen LogP contribution >= 0.6 is 0 Å². The summed E-state index contributed by atoms with van der Waals surface area (Å²) in [6.45, 7) is 3.41. The van der Waals surface area contributed by atoms with Gasteiger partial charge < -0.3 is 0 Å². The highest BCUT2D eigenvalue weighted by atomic mass is 19.2. The molecule has 0 aliphatic heterocycles. The average Bonchev–Trinajstić information content (AvgIpc) is 2.34. The van der Waals surface area contributed by atoms with Crippen molar-refractivity contribution in [3.8, 4) is 0 Å². The van der Waals surface area contributed by atoms with Crippen molar-refractivity contribution >= 4 is 5.78 Å². The van der Waals surface area contributed by atoms with Crippen molar-refractivity contribution in [1.29, 1.82) is 0 Å². The first-order valence-electron chi connectivity index (χ1n) is 5.61. The summed E-state index contributed by atoms with van der Waals surface area (Å²) in [5.41, 5.74) is -1.38. The molecule has 1 atom stereocenters. The van der Waals surface area contributed by atoms with Crippen LogP contribution in [0.3, 0.4) is 0 Å². The third-order valence-corrected chi connectivity index (χ3v) is 3.44. The van der Waals surface area contributed by atoms with Crippen LogP contribution in [0.4, 0.5) is 13.2 Å². The first kappa shape index (κ1) is 14.7. The highest BCUT2D eigenvalue weighted by Gasteiger charge is 2.36. The van der Waals surface area contributed by atoms with E-state index in [2.05, 4.69) is 0 Å². The van der Waals surface area contributed by atoms with Crippen LogP contribution < -0.4 is 0 Å². The lowest BCUT2D eigenvalue weighted by Crippen LogP contribution is -2.48. The van der Waals surface area contributed by atoms with Gasteiger partial charge in [0.2, 0.25) is 0 Å². The fourth-order valence-electron chi connectivity index (χ4n) is 1.67. The largest absolute Gasteiger partial charge is 0.297 e. The third kappa shape index (κ3) is 2.27. The summed E-state index contributed by atoms with van der Waals surface area (Å²) in [7, 11) is 3.36. The van der Waals surface area contributed by atoms with Crippen molar-refractivity contribution in [2.45, 2.75) is 25.8 Å². The Morgan fingerprint density at radius 2 is 1.78 bits per heavy atom. The van der Waals surface area contributed by atoms with Crippen LogP contribution in [0, 0.1) is 17.5 Å². The molecule has 0 bridgehead atoms. The summed E-state index contributed by atoms with van der Waals surface area (Å²) in [5, 5.41) is 0. The summed E-state index contributed by atoms with van der Waals surface area (Å²) in [4.78, 5) is 13.9. The molecule has 1 aromatic carbocycles. The van der Waals surface area contributed by atoms with Crippen LogP contribution in [0.5, 0.6) is 0 Å². The molecule has 0 aromatic heterocycles. The van der Waals surface area contributed by atoms with Gasteiger partial charge in [0.25, 0.3) is 0 Å². The van der Waals surface area contributed by atoms with Gasteiger partial charge in [0.15, 0.2) is 23.2 Å². The van der Waals surface area contributed by atoms with E-state index in [1.165, 1.54) is 0 Å². The van der Waals surface area contributed by atoms with E-state index in [0.717, 1.165) is 12.1 Å². The van der Waals surface area contributed by atoms with Crippen LogP contribution in [0.15, 0.2) is 12.1 Å². The molecule has 0 amide bonds. The first-order valence-corrected chi connectivity index (χ1v) is 5.61. The number of benzene rings is 1. The molecule has 1 aromatic rings. The van der Waals surface area contributed by atoms with E-state index in [0.29, 0.717) is 6.42 Å². The van der Waals surface area contributed by atoms with Gasteiger partial charge in [-0.05, 0) is 39.6 Å². The summed E-state index contributed by atoms with van der Waals surface area (Å²) in [6, 6.07) is 1.74. The maximum Gasteiger partial charge on any atom is 0.195 e. The van der Waals surface area contributed by atoms with Crippen LogP contribution in [0.2, 0.25) is 0 Å². The predicted octanol–water partition coefficient (Wildman–Crippen LogP) is 3.02. The number of nitrogens with zero attached hydrogens (tertiary/aromatic N) is 1. The Hall–Kier alpha value is -1.36. The van der Waals surface area contributed by atoms with E-state index in [1.807, 2.05) is 0 Å². The number of rotatable bonds is 4. The second-order valence-corrected chi connectivity index (χ2v) is 4.57. The van der Waals surface area contributed by atoms with Crippen molar-refractivity contribution in [2.24, 2.45) is 0 Å². The molecule has 100 valence electrons. The van der Waals surface area contributed by atoms with Crippen LogP contribution in [-0.4, -0.2) is 30.3 Å². The van der Waals surface area contributed by atoms with Gasteiger partial charge in [-0.25, -0.2) is 13.2 Å². The van der Waals surface area contributed by atoms with Crippen molar-refractivity contribution in [2.75, 3.05) is 14.1 Å². The van der Waals surface area contributed by atoms with E-state index >= 15 is 0 Å². The molecule has 0 aliphatic rings. The quantitative estimate of drug-likeness (QED) is 0.612. The molecule has 2 nitrogen and oxygen atoms in total. The number of Topliss-reactive ketones (excluding diaryl/α,β-unsaturated/α-hetero) is 1. The smallest absolute Gasteiger partial charge is 0.195 e. The fraction of sp³-hybridized carbons (Fsp3) is 0.462. The highest BCUT2D eigenvalue weighted by molar-refractivity contribution is 6.03. The summed E-state index contributed by atoms with van der Waals surface area (Å²) < 4.78 is 39.5. The minimum atomic E-state index is -1.61. The summed E-state index contributed by atoms with van der Waals surface area (Å²) >= 11 is 0. The molecule has 1 rings (SSSR count). The zero-order chi connectivity index (χ0) is 14.1. The molecule has 0 radical (unpaired) electrons. The van der Waals surface area contributed by atoms with Gasteiger partial charge >= 0.3 is 0 Å². The number of hydrogen-bond acceptors (Lipinski definition) is 2. The molecule has 0 saturated carbocycles. The second kappa shape index (κ2) is 5.10. The van der Waals surface area contributed by atoms with Crippen LogP contribution in [0.1, 0.15) is 30.6 Å². The molecular weight excluding hydrogens is 243 g/mol. The predicted molar refractivity (Wildman–Crippen MR) is 63.0 cm³/mol. The van der Waals surface area contributed by atoms with Gasteiger partial charge in [-0.15, -0.1) is 0 Å². The molecule has 1 unspecified atom stereocenters. The molecule has 0 spiro atoms. The lowest BCUT2D eigenvalue weighted by Gasteiger charge is -2.34. The Morgan fingerprint density at radius 1 is 1.22 bits per heavy atom. The monoisotopic (exact) mass is 259 g/mol. The maximum atomic E-state index is 13.6. The maximum absolute atomic E-state index is 13.6. The number of hydrogen-bond donors (Lipinski definition) is 0. The molecule has 0 heterocycles. The van der Waals surface area contributed by atoms with Crippen molar-refractivity contribution in [1.82, 2.24) is 4.90 Å². The molecule has 0 fully saturated rings. The van der Waals surface area contributed by atoms with E-state index < -0.39 is 34.3 Å². The standard InChI is InChI=1S/C13H16F3NO/c1-5-13(2,17(3)4)12(18)8-6-7-9(14)11(16)10(8)15/h6-7H,5H2,1-4H3. The fourth-order valence-corrected chi connectivity index (χ4v) is 1.67. The Kier molecular flexibility index (Phi) is 4.16.